The Morgan fingerprint density at radius 1 is 1.53 bits per heavy atom. The smallest absolute Gasteiger partial charge is 0.109 e. The van der Waals surface area contributed by atoms with Gasteiger partial charge in [0, 0.05) is 17.6 Å². The normalized spacial score (nSPS) is 20.6. The summed E-state index contributed by atoms with van der Waals surface area (Å²) >= 11 is 1.74. The van der Waals surface area contributed by atoms with Crippen molar-refractivity contribution in [2.75, 3.05) is 19.6 Å². The van der Waals surface area contributed by atoms with Gasteiger partial charge in [0.2, 0.25) is 0 Å². The van der Waals surface area contributed by atoms with E-state index in [2.05, 4.69) is 34.4 Å². The largest absolute Gasteiger partial charge is 0.305 e. The van der Waals surface area contributed by atoms with Crippen LogP contribution in [-0.4, -0.2) is 35.6 Å². The average Bonchev–Trinajstić information content (AvgIpc) is 2.86. The van der Waals surface area contributed by atoms with Crippen LogP contribution < -0.4 is 5.32 Å². The quantitative estimate of drug-likeness (QED) is 0.874. The van der Waals surface area contributed by atoms with Gasteiger partial charge in [0.15, 0.2) is 0 Å². The van der Waals surface area contributed by atoms with Gasteiger partial charge < -0.3 is 10.2 Å². The average molecular weight is 253 g/mol. The van der Waals surface area contributed by atoms with Gasteiger partial charge >= 0.3 is 0 Å². The first-order valence-electron chi connectivity index (χ1n) is 6.67. The number of thiazole rings is 1. The molecule has 96 valence electrons. The molecule has 0 spiro atoms. The molecule has 2 heterocycles. The lowest BCUT2D eigenvalue weighted by atomic mass is 10.0. The predicted octanol–water partition coefficient (Wildman–Crippen LogP) is 2.67. The standard InChI is InChI=1S/C13H23N3S/c1-3-7-16-8-4-12(5-9-16)15-11(2)13-14-6-10-17-13/h6,10-12,15H,3-5,7-9H2,1-2H3. The van der Waals surface area contributed by atoms with Crippen molar-refractivity contribution < 1.29 is 0 Å². The van der Waals surface area contributed by atoms with E-state index < -0.39 is 0 Å². The van der Waals surface area contributed by atoms with Crippen LogP contribution in [0, 0.1) is 0 Å². The second kappa shape index (κ2) is 6.47. The summed E-state index contributed by atoms with van der Waals surface area (Å²) in [6.45, 7) is 8.23. The molecule has 3 nitrogen and oxygen atoms in total. The Morgan fingerprint density at radius 3 is 2.88 bits per heavy atom. The number of nitrogens with one attached hydrogen (secondary N) is 1. The fraction of sp³-hybridized carbons (Fsp3) is 0.769. The van der Waals surface area contributed by atoms with Crippen molar-refractivity contribution in [1.29, 1.82) is 0 Å². The highest BCUT2D eigenvalue weighted by Gasteiger charge is 2.20. The van der Waals surface area contributed by atoms with Gasteiger partial charge in [-0.3, -0.25) is 0 Å². The third-order valence-corrected chi connectivity index (χ3v) is 4.39. The van der Waals surface area contributed by atoms with E-state index in [1.54, 1.807) is 11.3 Å². The van der Waals surface area contributed by atoms with Crippen LogP contribution in [0.2, 0.25) is 0 Å². The van der Waals surface area contributed by atoms with Crippen LogP contribution in [0.25, 0.3) is 0 Å². The Kier molecular flexibility index (Phi) is 4.95. The monoisotopic (exact) mass is 253 g/mol. The van der Waals surface area contributed by atoms with E-state index in [-0.39, 0.29) is 0 Å². The fourth-order valence-electron chi connectivity index (χ4n) is 2.51. The summed E-state index contributed by atoms with van der Waals surface area (Å²) in [7, 11) is 0. The number of nitrogens with zero attached hydrogens (tertiary/aromatic N) is 2. The van der Waals surface area contributed by atoms with Crippen LogP contribution in [0.1, 0.15) is 44.2 Å². The molecule has 1 atom stereocenters. The lowest BCUT2D eigenvalue weighted by Crippen LogP contribution is -2.43. The molecule has 0 aliphatic carbocycles. The zero-order valence-electron chi connectivity index (χ0n) is 10.9. The number of aromatic nitrogens is 1. The number of hydrogen-bond acceptors (Lipinski definition) is 4. The molecule has 0 saturated carbocycles. The van der Waals surface area contributed by atoms with Crippen LogP contribution in [-0.2, 0) is 0 Å². The minimum absolute atomic E-state index is 0.401. The molecule has 1 saturated heterocycles. The first-order valence-corrected chi connectivity index (χ1v) is 7.55. The van der Waals surface area contributed by atoms with E-state index in [1.165, 1.54) is 43.9 Å². The maximum absolute atomic E-state index is 4.37. The summed E-state index contributed by atoms with van der Waals surface area (Å²) in [5.74, 6) is 0. The molecular weight excluding hydrogens is 230 g/mol. The Morgan fingerprint density at radius 2 is 2.29 bits per heavy atom. The highest BCUT2D eigenvalue weighted by atomic mass is 32.1. The molecule has 1 aromatic heterocycles. The van der Waals surface area contributed by atoms with Crippen LogP contribution >= 0.6 is 11.3 Å². The first-order chi connectivity index (χ1) is 8.29. The molecule has 2 rings (SSSR count). The molecule has 1 N–H and O–H groups in total. The molecule has 0 amide bonds. The Hall–Kier alpha value is -0.450. The Labute approximate surface area is 108 Å². The van der Waals surface area contributed by atoms with Gasteiger partial charge in [0.25, 0.3) is 0 Å². The summed E-state index contributed by atoms with van der Waals surface area (Å²) in [5, 5.41) is 6.97. The van der Waals surface area contributed by atoms with Crippen molar-refractivity contribution in [2.45, 2.75) is 45.2 Å². The lowest BCUT2D eigenvalue weighted by molar-refractivity contribution is 0.192. The Balaban J connectivity index is 1.74. The van der Waals surface area contributed by atoms with Crippen LogP contribution in [0.5, 0.6) is 0 Å². The van der Waals surface area contributed by atoms with E-state index >= 15 is 0 Å². The highest BCUT2D eigenvalue weighted by molar-refractivity contribution is 7.09. The van der Waals surface area contributed by atoms with E-state index in [9.17, 15) is 0 Å². The van der Waals surface area contributed by atoms with Crippen molar-refractivity contribution in [3.8, 4) is 0 Å². The zero-order chi connectivity index (χ0) is 12.1. The maximum Gasteiger partial charge on any atom is 0.109 e. The maximum atomic E-state index is 4.37. The molecule has 0 bridgehead atoms. The molecule has 17 heavy (non-hydrogen) atoms. The minimum Gasteiger partial charge on any atom is -0.305 e. The van der Waals surface area contributed by atoms with Gasteiger partial charge in [-0.05, 0) is 45.8 Å². The molecule has 1 unspecified atom stereocenters. The predicted molar refractivity (Wildman–Crippen MR) is 73.4 cm³/mol. The van der Waals surface area contributed by atoms with E-state index in [0.29, 0.717) is 12.1 Å². The lowest BCUT2D eigenvalue weighted by Gasteiger charge is -2.33. The first kappa shape index (κ1) is 13.0. The van der Waals surface area contributed by atoms with Crippen molar-refractivity contribution in [3.05, 3.63) is 16.6 Å². The fourth-order valence-corrected chi connectivity index (χ4v) is 3.17. The topological polar surface area (TPSA) is 28.2 Å². The summed E-state index contributed by atoms with van der Waals surface area (Å²) in [5.41, 5.74) is 0. The van der Waals surface area contributed by atoms with Crippen LogP contribution in [0.3, 0.4) is 0 Å². The molecule has 1 aliphatic rings. The summed E-state index contributed by atoms with van der Waals surface area (Å²) < 4.78 is 0. The third kappa shape index (κ3) is 3.76. The van der Waals surface area contributed by atoms with E-state index in [4.69, 9.17) is 0 Å². The van der Waals surface area contributed by atoms with E-state index in [1.807, 2.05) is 6.20 Å². The van der Waals surface area contributed by atoms with Crippen molar-refractivity contribution in [2.24, 2.45) is 0 Å². The number of piperidine rings is 1. The number of likely N-dealkylation sites (tertiary alicyclic amines) is 1. The Bertz CT molecular complexity index is 304. The minimum atomic E-state index is 0.401. The highest BCUT2D eigenvalue weighted by Crippen LogP contribution is 2.18. The van der Waals surface area contributed by atoms with Gasteiger partial charge in [0.05, 0.1) is 6.04 Å². The SMILES string of the molecule is CCCN1CCC(NC(C)c2nccs2)CC1. The summed E-state index contributed by atoms with van der Waals surface area (Å²) in [4.78, 5) is 6.95. The molecule has 0 aromatic carbocycles. The van der Waals surface area contributed by atoms with Crippen molar-refractivity contribution in [3.63, 3.8) is 0 Å². The number of hydrogen-bond donors (Lipinski definition) is 1. The molecule has 1 aliphatic heterocycles. The third-order valence-electron chi connectivity index (χ3n) is 3.43. The molecule has 0 radical (unpaired) electrons. The second-order valence-corrected chi connectivity index (χ2v) is 5.80. The van der Waals surface area contributed by atoms with Crippen molar-refractivity contribution >= 4 is 11.3 Å². The second-order valence-electron chi connectivity index (χ2n) is 4.87. The van der Waals surface area contributed by atoms with Crippen LogP contribution in [0.15, 0.2) is 11.6 Å². The van der Waals surface area contributed by atoms with Crippen LogP contribution in [0.4, 0.5) is 0 Å². The summed E-state index contributed by atoms with van der Waals surface area (Å²) in [6.07, 6.45) is 5.71. The number of rotatable bonds is 5. The zero-order valence-corrected chi connectivity index (χ0v) is 11.7. The van der Waals surface area contributed by atoms with Gasteiger partial charge in [-0.15, -0.1) is 11.3 Å². The van der Waals surface area contributed by atoms with Gasteiger partial charge in [0.1, 0.15) is 5.01 Å². The van der Waals surface area contributed by atoms with Crippen molar-refractivity contribution in [1.82, 2.24) is 15.2 Å². The summed E-state index contributed by atoms with van der Waals surface area (Å²) in [6, 6.07) is 1.07. The van der Waals surface area contributed by atoms with Gasteiger partial charge in [-0.25, -0.2) is 4.98 Å². The van der Waals surface area contributed by atoms with E-state index in [0.717, 1.165) is 0 Å². The van der Waals surface area contributed by atoms with Gasteiger partial charge in [-0.2, -0.15) is 0 Å². The molecule has 1 aromatic rings. The van der Waals surface area contributed by atoms with Gasteiger partial charge in [-0.1, -0.05) is 6.92 Å². The molecule has 4 heteroatoms. The molecule has 1 fully saturated rings. The molecular formula is C13H23N3S.